The maximum atomic E-state index is 11.4. The molecule has 0 aliphatic heterocycles. The molecule has 1 aromatic heterocycles. The van der Waals surface area contributed by atoms with Crippen LogP contribution in [0.4, 0.5) is 0 Å². The third kappa shape index (κ3) is 6.12. The lowest BCUT2D eigenvalue weighted by atomic mass is 10.3. The van der Waals surface area contributed by atoms with E-state index in [1.807, 2.05) is 32.2 Å². The Morgan fingerprint density at radius 2 is 2.11 bits per heavy atom. The number of hydrogen-bond acceptors (Lipinski definition) is 4. The molecule has 0 saturated heterocycles. The highest BCUT2D eigenvalue weighted by Crippen LogP contribution is 2.13. The Bertz CT molecular complexity index is 364. The first-order chi connectivity index (χ1) is 8.61. The van der Waals surface area contributed by atoms with Gasteiger partial charge in [-0.15, -0.1) is 0 Å². The van der Waals surface area contributed by atoms with Crippen LogP contribution < -0.4 is 10.6 Å². The van der Waals surface area contributed by atoms with E-state index in [1.165, 1.54) is 0 Å². The molecule has 0 bridgehead atoms. The van der Waals surface area contributed by atoms with Crippen LogP contribution in [0.5, 0.6) is 0 Å². The van der Waals surface area contributed by atoms with E-state index in [2.05, 4.69) is 10.6 Å². The zero-order valence-electron chi connectivity index (χ0n) is 11.3. The lowest BCUT2D eigenvalue weighted by Gasteiger charge is -2.08. The highest BCUT2D eigenvalue weighted by atomic mass is 32.2. The molecule has 0 aliphatic rings. The van der Waals surface area contributed by atoms with E-state index < -0.39 is 0 Å². The van der Waals surface area contributed by atoms with Crippen LogP contribution in [0.1, 0.15) is 31.8 Å². The quantitative estimate of drug-likeness (QED) is 0.711. The molecule has 0 saturated carbocycles. The SMILES string of the molecule is CSCc1ccc(CNCCC(=O)NC(C)C)o1. The molecule has 0 aromatic carbocycles. The van der Waals surface area contributed by atoms with Gasteiger partial charge in [0, 0.05) is 19.0 Å². The average molecular weight is 270 g/mol. The number of thioether (sulfide) groups is 1. The molecular weight excluding hydrogens is 248 g/mol. The summed E-state index contributed by atoms with van der Waals surface area (Å²) in [5.74, 6) is 2.90. The Morgan fingerprint density at radius 3 is 2.78 bits per heavy atom. The second-order valence-electron chi connectivity index (χ2n) is 4.45. The Labute approximate surface area is 113 Å². The molecule has 0 spiro atoms. The van der Waals surface area contributed by atoms with Crippen LogP contribution >= 0.6 is 11.8 Å². The van der Waals surface area contributed by atoms with Crippen LogP contribution in [0.15, 0.2) is 16.5 Å². The zero-order valence-corrected chi connectivity index (χ0v) is 12.1. The summed E-state index contributed by atoms with van der Waals surface area (Å²) in [6.45, 7) is 5.25. The maximum Gasteiger partial charge on any atom is 0.221 e. The first-order valence-electron chi connectivity index (χ1n) is 6.18. The van der Waals surface area contributed by atoms with Crippen LogP contribution in [-0.2, 0) is 17.1 Å². The van der Waals surface area contributed by atoms with E-state index in [9.17, 15) is 4.79 Å². The van der Waals surface area contributed by atoms with Crippen LogP contribution in [0.3, 0.4) is 0 Å². The zero-order chi connectivity index (χ0) is 13.4. The summed E-state index contributed by atoms with van der Waals surface area (Å²) in [5.41, 5.74) is 0. The van der Waals surface area contributed by atoms with Crippen LogP contribution in [-0.4, -0.2) is 24.7 Å². The first kappa shape index (κ1) is 15.1. The number of carbonyl (C=O) groups is 1. The number of carbonyl (C=O) groups excluding carboxylic acids is 1. The summed E-state index contributed by atoms with van der Waals surface area (Å²) in [6.07, 6.45) is 2.55. The monoisotopic (exact) mass is 270 g/mol. The van der Waals surface area contributed by atoms with Gasteiger partial charge in [-0.25, -0.2) is 0 Å². The predicted molar refractivity (Wildman–Crippen MR) is 75.5 cm³/mol. The number of furan rings is 1. The first-order valence-corrected chi connectivity index (χ1v) is 7.57. The number of rotatable bonds is 8. The van der Waals surface area contributed by atoms with E-state index in [4.69, 9.17) is 4.42 Å². The molecule has 1 amide bonds. The fourth-order valence-corrected chi connectivity index (χ4v) is 1.98. The van der Waals surface area contributed by atoms with Gasteiger partial charge in [-0.3, -0.25) is 4.79 Å². The molecule has 1 heterocycles. The molecule has 5 heteroatoms. The van der Waals surface area contributed by atoms with Gasteiger partial charge in [0.1, 0.15) is 11.5 Å². The van der Waals surface area contributed by atoms with E-state index in [1.54, 1.807) is 11.8 Å². The Balaban J connectivity index is 2.15. The van der Waals surface area contributed by atoms with Gasteiger partial charge in [-0.05, 0) is 32.2 Å². The Hall–Kier alpha value is -0.940. The van der Waals surface area contributed by atoms with Gasteiger partial charge in [0.2, 0.25) is 5.91 Å². The number of nitrogens with one attached hydrogen (secondary N) is 2. The fourth-order valence-electron chi connectivity index (χ4n) is 1.54. The van der Waals surface area contributed by atoms with Gasteiger partial charge in [-0.2, -0.15) is 11.8 Å². The minimum Gasteiger partial charge on any atom is -0.464 e. The number of amides is 1. The van der Waals surface area contributed by atoms with Gasteiger partial charge in [-0.1, -0.05) is 0 Å². The van der Waals surface area contributed by atoms with Crippen molar-refractivity contribution < 1.29 is 9.21 Å². The minimum absolute atomic E-state index is 0.0833. The Kier molecular flexibility index (Phi) is 6.90. The fraction of sp³-hybridized carbons (Fsp3) is 0.615. The average Bonchev–Trinajstić information content (AvgIpc) is 2.72. The molecule has 0 aliphatic carbocycles. The lowest BCUT2D eigenvalue weighted by molar-refractivity contribution is -0.121. The molecular formula is C13H22N2O2S. The minimum atomic E-state index is 0.0833. The van der Waals surface area contributed by atoms with Gasteiger partial charge >= 0.3 is 0 Å². The van der Waals surface area contributed by atoms with E-state index in [0.717, 1.165) is 17.3 Å². The van der Waals surface area contributed by atoms with Crippen molar-refractivity contribution in [1.82, 2.24) is 10.6 Å². The van der Waals surface area contributed by atoms with Crippen molar-refractivity contribution in [3.8, 4) is 0 Å². The highest BCUT2D eigenvalue weighted by molar-refractivity contribution is 7.97. The summed E-state index contributed by atoms with van der Waals surface area (Å²) in [7, 11) is 0. The van der Waals surface area contributed by atoms with Gasteiger partial charge in [0.25, 0.3) is 0 Å². The topological polar surface area (TPSA) is 54.3 Å². The predicted octanol–water partition coefficient (Wildman–Crippen LogP) is 2.15. The molecule has 0 radical (unpaired) electrons. The molecule has 0 unspecified atom stereocenters. The van der Waals surface area contributed by atoms with Crippen molar-refractivity contribution in [3.05, 3.63) is 23.7 Å². The second-order valence-corrected chi connectivity index (χ2v) is 5.32. The van der Waals surface area contributed by atoms with Crippen molar-refractivity contribution in [2.45, 2.75) is 38.6 Å². The molecule has 102 valence electrons. The largest absolute Gasteiger partial charge is 0.464 e. The second kappa shape index (κ2) is 8.21. The van der Waals surface area contributed by atoms with Crippen molar-refractivity contribution in [2.75, 3.05) is 12.8 Å². The molecule has 0 atom stereocenters. The normalized spacial score (nSPS) is 10.9. The maximum absolute atomic E-state index is 11.4. The third-order valence-electron chi connectivity index (χ3n) is 2.28. The third-order valence-corrected chi connectivity index (χ3v) is 2.85. The van der Waals surface area contributed by atoms with Gasteiger partial charge in [0.15, 0.2) is 0 Å². The summed E-state index contributed by atoms with van der Waals surface area (Å²) in [6, 6.07) is 4.18. The molecule has 0 fully saturated rings. The Morgan fingerprint density at radius 1 is 1.39 bits per heavy atom. The van der Waals surface area contributed by atoms with Crippen LogP contribution in [0, 0.1) is 0 Å². The van der Waals surface area contributed by atoms with Crippen molar-refractivity contribution in [2.24, 2.45) is 0 Å². The number of hydrogen-bond donors (Lipinski definition) is 2. The summed E-state index contributed by atoms with van der Waals surface area (Å²) < 4.78 is 5.61. The van der Waals surface area contributed by atoms with E-state index in [-0.39, 0.29) is 11.9 Å². The molecule has 1 aromatic rings. The highest BCUT2D eigenvalue weighted by Gasteiger charge is 2.04. The van der Waals surface area contributed by atoms with Gasteiger partial charge < -0.3 is 15.1 Å². The van der Waals surface area contributed by atoms with E-state index in [0.29, 0.717) is 19.5 Å². The van der Waals surface area contributed by atoms with Crippen molar-refractivity contribution >= 4 is 17.7 Å². The molecule has 1 rings (SSSR count). The summed E-state index contributed by atoms with van der Waals surface area (Å²) >= 11 is 1.74. The van der Waals surface area contributed by atoms with Crippen LogP contribution in [0.25, 0.3) is 0 Å². The summed E-state index contributed by atoms with van der Waals surface area (Å²) in [4.78, 5) is 11.4. The van der Waals surface area contributed by atoms with Crippen LogP contribution in [0.2, 0.25) is 0 Å². The smallest absolute Gasteiger partial charge is 0.221 e. The molecule has 4 nitrogen and oxygen atoms in total. The summed E-state index contributed by atoms with van der Waals surface area (Å²) in [5, 5.41) is 6.06. The standard InChI is InChI=1S/C13H22N2O2S/c1-10(2)15-13(16)6-7-14-8-11-4-5-12(17-11)9-18-3/h4-5,10,14H,6-9H2,1-3H3,(H,15,16). The van der Waals surface area contributed by atoms with E-state index >= 15 is 0 Å². The van der Waals surface area contributed by atoms with Gasteiger partial charge in [0.05, 0.1) is 12.3 Å². The molecule has 18 heavy (non-hydrogen) atoms. The molecule has 2 N–H and O–H groups in total. The lowest BCUT2D eigenvalue weighted by Crippen LogP contribution is -2.32. The van der Waals surface area contributed by atoms with Crippen molar-refractivity contribution in [1.29, 1.82) is 0 Å². The van der Waals surface area contributed by atoms with Crippen molar-refractivity contribution in [3.63, 3.8) is 0 Å².